The first-order valence-electron chi connectivity index (χ1n) is 7.52. The number of aliphatic hydroxyl groups excluding tert-OH is 2. The lowest BCUT2D eigenvalue weighted by Gasteiger charge is -2.19. The molecule has 0 saturated heterocycles. The smallest absolute Gasteiger partial charge is 0.330 e. The van der Waals surface area contributed by atoms with Crippen LogP contribution in [-0.4, -0.2) is 58.6 Å². The molecule has 134 valence electrons. The molecule has 1 heterocycles. The fraction of sp³-hybridized carbons (Fsp3) is 0.562. The zero-order chi connectivity index (χ0) is 18.3. The molecule has 1 rings (SSSR count). The van der Waals surface area contributed by atoms with Gasteiger partial charge in [0.05, 0.1) is 6.42 Å². The monoisotopic (exact) mass is 342 g/mol. The maximum absolute atomic E-state index is 11.7. The topological polar surface area (TPSA) is 119 Å². The van der Waals surface area contributed by atoms with E-state index in [1.165, 1.54) is 20.8 Å². The highest BCUT2D eigenvalue weighted by Gasteiger charge is 2.21. The highest BCUT2D eigenvalue weighted by molar-refractivity contribution is 5.83. The Balaban J connectivity index is 2.91. The van der Waals surface area contributed by atoms with Crippen molar-refractivity contribution in [1.82, 2.24) is 0 Å². The molecule has 0 fully saturated rings. The van der Waals surface area contributed by atoms with Crippen LogP contribution in [0.2, 0.25) is 0 Å². The van der Waals surface area contributed by atoms with E-state index in [0.717, 1.165) is 24.3 Å². The Labute approximate surface area is 139 Å². The Morgan fingerprint density at radius 2 is 1.29 bits per heavy atom. The van der Waals surface area contributed by atoms with Gasteiger partial charge in [-0.05, 0) is 32.9 Å². The molecular weight excluding hydrogens is 320 g/mol. The van der Waals surface area contributed by atoms with Gasteiger partial charge in [0.25, 0.3) is 0 Å². The summed E-state index contributed by atoms with van der Waals surface area (Å²) in [7, 11) is 0. The quantitative estimate of drug-likeness (QED) is 0.467. The fourth-order valence-electron chi connectivity index (χ4n) is 1.80. The first kappa shape index (κ1) is 19.9. The van der Waals surface area contributed by atoms with Crippen LogP contribution in [0.25, 0.3) is 0 Å². The van der Waals surface area contributed by atoms with Crippen molar-refractivity contribution in [3.8, 4) is 0 Å². The van der Waals surface area contributed by atoms with Crippen LogP contribution in [0, 0.1) is 0 Å². The van der Waals surface area contributed by atoms with Crippen LogP contribution in [0.4, 0.5) is 0 Å². The number of rotatable bonds is 0. The molecule has 0 aromatic rings. The van der Waals surface area contributed by atoms with Gasteiger partial charge in [0, 0.05) is 12.2 Å². The Kier molecular flexibility index (Phi) is 7.60. The van der Waals surface area contributed by atoms with E-state index in [9.17, 15) is 24.6 Å². The molecule has 0 unspecified atom stereocenters. The van der Waals surface area contributed by atoms with Crippen molar-refractivity contribution in [1.29, 1.82) is 0 Å². The lowest BCUT2D eigenvalue weighted by Crippen LogP contribution is -2.30. The first-order valence-corrected chi connectivity index (χ1v) is 7.52. The summed E-state index contributed by atoms with van der Waals surface area (Å²) in [6.07, 6.45) is -0.961. The molecule has 1 aliphatic rings. The minimum absolute atomic E-state index is 0.193. The maximum Gasteiger partial charge on any atom is 0.330 e. The second kappa shape index (κ2) is 9.19. The number of hydrogen-bond donors (Lipinski definition) is 2. The van der Waals surface area contributed by atoms with Gasteiger partial charge in [-0.3, -0.25) is 4.79 Å². The molecule has 2 N–H and O–H groups in total. The van der Waals surface area contributed by atoms with Crippen molar-refractivity contribution >= 4 is 17.9 Å². The number of carbonyl (C=O) groups excluding carboxylic acids is 3. The zero-order valence-corrected chi connectivity index (χ0v) is 13.7. The SMILES string of the molecule is C[C@@H]1OC(=O)/C=C/[C@H](O)[C@H](C)OC(=O)C[C@H](C)OC(=O)/C=C/[C@H]1O. The van der Waals surface area contributed by atoms with Gasteiger partial charge >= 0.3 is 17.9 Å². The number of aliphatic hydroxyl groups is 2. The Morgan fingerprint density at radius 1 is 0.833 bits per heavy atom. The Morgan fingerprint density at radius 3 is 1.83 bits per heavy atom. The van der Waals surface area contributed by atoms with Gasteiger partial charge in [-0.2, -0.15) is 0 Å². The van der Waals surface area contributed by atoms with Gasteiger partial charge < -0.3 is 24.4 Å². The molecule has 0 radical (unpaired) electrons. The Bertz CT molecular complexity index is 524. The summed E-state index contributed by atoms with van der Waals surface area (Å²) in [6, 6.07) is 0. The van der Waals surface area contributed by atoms with E-state index in [1.807, 2.05) is 0 Å². The van der Waals surface area contributed by atoms with Crippen LogP contribution in [-0.2, 0) is 28.6 Å². The van der Waals surface area contributed by atoms with Crippen molar-refractivity contribution in [2.24, 2.45) is 0 Å². The molecule has 0 aliphatic carbocycles. The third-order valence-corrected chi connectivity index (χ3v) is 3.21. The molecule has 0 aromatic heterocycles. The standard InChI is InChI=1S/C16H22O8/c1-9-8-16(21)24-11(3)13(18)5-7-15(20)23-10(2)12(17)4-6-14(19)22-9/h4-7,9-13,17-18H,8H2,1-3H3/b6-4+,7-5+/t9-,10-,11-,12+,13-/m0/s1. The molecule has 1 aliphatic heterocycles. The molecule has 8 nitrogen and oxygen atoms in total. The number of hydrogen-bond acceptors (Lipinski definition) is 8. The molecule has 0 saturated carbocycles. The molecule has 0 spiro atoms. The second-order valence-corrected chi connectivity index (χ2v) is 5.49. The summed E-state index contributed by atoms with van der Waals surface area (Å²) in [6.45, 7) is 4.41. The molecular formula is C16H22O8. The average Bonchev–Trinajstić information content (AvgIpc) is 2.48. The summed E-state index contributed by atoms with van der Waals surface area (Å²) < 4.78 is 14.9. The van der Waals surface area contributed by atoms with Gasteiger partial charge in [-0.25, -0.2) is 9.59 Å². The van der Waals surface area contributed by atoms with Crippen LogP contribution < -0.4 is 0 Å². The molecule has 8 heteroatoms. The van der Waals surface area contributed by atoms with Crippen LogP contribution in [0.15, 0.2) is 24.3 Å². The molecule has 5 atom stereocenters. The zero-order valence-electron chi connectivity index (χ0n) is 13.7. The van der Waals surface area contributed by atoms with Crippen molar-refractivity contribution in [2.45, 2.75) is 57.7 Å². The highest BCUT2D eigenvalue weighted by atomic mass is 16.6. The summed E-state index contributed by atoms with van der Waals surface area (Å²) in [5, 5.41) is 19.6. The van der Waals surface area contributed by atoms with E-state index < -0.39 is 48.4 Å². The third-order valence-electron chi connectivity index (χ3n) is 3.21. The van der Waals surface area contributed by atoms with Crippen molar-refractivity contribution in [3.05, 3.63) is 24.3 Å². The van der Waals surface area contributed by atoms with E-state index in [-0.39, 0.29) is 6.42 Å². The van der Waals surface area contributed by atoms with Crippen molar-refractivity contribution in [3.63, 3.8) is 0 Å². The van der Waals surface area contributed by atoms with Crippen LogP contribution in [0.3, 0.4) is 0 Å². The molecule has 24 heavy (non-hydrogen) atoms. The van der Waals surface area contributed by atoms with Crippen LogP contribution in [0.1, 0.15) is 27.2 Å². The van der Waals surface area contributed by atoms with E-state index in [1.54, 1.807) is 0 Å². The number of carbonyl (C=O) groups is 3. The predicted molar refractivity (Wildman–Crippen MR) is 81.6 cm³/mol. The summed E-state index contributed by atoms with van der Waals surface area (Å²) in [5.41, 5.74) is 0. The average molecular weight is 342 g/mol. The predicted octanol–water partition coefficient (Wildman–Crippen LogP) is 0.0194. The molecule has 0 amide bonds. The van der Waals surface area contributed by atoms with Gasteiger partial charge in [0.2, 0.25) is 0 Å². The van der Waals surface area contributed by atoms with Crippen LogP contribution >= 0.6 is 0 Å². The van der Waals surface area contributed by atoms with Gasteiger partial charge in [-0.15, -0.1) is 0 Å². The second-order valence-electron chi connectivity index (χ2n) is 5.49. The highest BCUT2D eigenvalue weighted by Crippen LogP contribution is 2.08. The summed E-state index contributed by atoms with van der Waals surface area (Å²) >= 11 is 0. The Hall–Kier alpha value is -2.19. The van der Waals surface area contributed by atoms with Crippen molar-refractivity contribution in [2.75, 3.05) is 0 Å². The van der Waals surface area contributed by atoms with E-state index in [2.05, 4.69) is 0 Å². The minimum Gasteiger partial charge on any atom is -0.459 e. The number of esters is 3. The first-order chi connectivity index (χ1) is 11.2. The van der Waals surface area contributed by atoms with E-state index in [0.29, 0.717) is 0 Å². The van der Waals surface area contributed by atoms with E-state index >= 15 is 0 Å². The molecule has 0 aromatic carbocycles. The molecule has 0 bridgehead atoms. The lowest BCUT2D eigenvalue weighted by molar-refractivity contribution is -0.157. The lowest BCUT2D eigenvalue weighted by atomic mass is 10.2. The third kappa shape index (κ3) is 6.93. The normalized spacial score (nSPS) is 36.2. The number of ether oxygens (including phenoxy) is 3. The fourth-order valence-corrected chi connectivity index (χ4v) is 1.80. The van der Waals surface area contributed by atoms with Gasteiger partial charge in [-0.1, -0.05) is 0 Å². The van der Waals surface area contributed by atoms with E-state index in [4.69, 9.17) is 14.2 Å². The largest absolute Gasteiger partial charge is 0.459 e. The summed E-state index contributed by atoms with van der Waals surface area (Å²) in [5.74, 6) is -2.22. The minimum atomic E-state index is -1.22. The van der Waals surface area contributed by atoms with Crippen LogP contribution in [0.5, 0.6) is 0 Å². The maximum atomic E-state index is 11.7. The van der Waals surface area contributed by atoms with Gasteiger partial charge in [0.1, 0.15) is 30.5 Å². The van der Waals surface area contributed by atoms with Crippen molar-refractivity contribution < 1.29 is 38.8 Å². The number of cyclic esters (lactones) is 3. The van der Waals surface area contributed by atoms with Gasteiger partial charge in [0.15, 0.2) is 0 Å². The summed E-state index contributed by atoms with van der Waals surface area (Å²) in [4.78, 5) is 34.9.